The first-order valence-corrected chi connectivity index (χ1v) is 9.94. The van der Waals surface area contributed by atoms with Gasteiger partial charge in [-0.05, 0) is 42.7 Å². The third-order valence-corrected chi connectivity index (χ3v) is 5.23. The minimum atomic E-state index is 0.156. The summed E-state index contributed by atoms with van der Waals surface area (Å²) in [5.74, 6) is 1.96. The van der Waals surface area contributed by atoms with E-state index in [4.69, 9.17) is 10.5 Å². The van der Waals surface area contributed by atoms with Crippen molar-refractivity contribution in [2.75, 3.05) is 17.7 Å². The molecule has 4 N–H and O–H groups in total. The Labute approximate surface area is 170 Å². The van der Waals surface area contributed by atoms with Crippen LogP contribution < -0.4 is 21.1 Å². The second-order valence-electron chi connectivity index (χ2n) is 7.26. The number of rotatable bonds is 6. The maximum atomic E-state index is 6.22. The lowest BCUT2D eigenvalue weighted by Crippen LogP contribution is -2.42. The van der Waals surface area contributed by atoms with Crippen molar-refractivity contribution in [3.8, 4) is 17.0 Å². The number of nitrogens with one attached hydrogen (secondary N) is 2. The summed E-state index contributed by atoms with van der Waals surface area (Å²) in [5, 5.41) is 6.72. The summed E-state index contributed by atoms with van der Waals surface area (Å²) in [6.07, 6.45) is 8.06. The summed E-state index contributed by atoms with van der Waals surface area (Å²) in [5.41, 5.74) is 9.30. The fourth-order valence-corrected chi connectivity index (χ4v) is 3.57. The van der Waals surface area contributed by atoms with Gasteiger partial charge in [0.2, 0.25) is 11.8 Å². The molecule has 4 rings (SSSR count). The van der Waals surface area contributed by atoms with Crippen LogP contribution in [0.25, 0.3) is 11.1 Å². The van der Waals surface area contributed by atoms with E-state index in [-0.39, 0.29) is 12.1 Å². The summed E-state index contributed by atoms with van der Waals surface area (Å²) in [4.78, 5) is 13.2. The molecule has 0 unspecified atom stereocenters. The number of benzene rings is 1. The maximum absolute atomic E-state index is 6.22. The van der Waals surface area contributed by atoms with Gasteiger partial charge in [-0.3, -0.25) is 0 Å². The quantitative estimate of drug-likeness (QED) is 0.586. The van der Waals surface area contributed by atoms with Crippen molar-refractivity contribution in [2.24, 2.45) is 5.73 Å². The first-order valence-electron chi connectivity index (χ1n) is 9.94. The largest absolute Gasteiger partial charge is 0.481 e. The first kappa shape index (κ1) is 19.1. The van der Waals surface area contributed by atoms with Crippen LogP contribution >= 0.6 is 0 Å². The van der Waals surface area contributed by atoms with E-state index in [0.29, 0.717) is 11.8 Å². The minimum absolute atomic E-state index is 0.156. The van der Waals surface area contributed by atoms with Gasteiger partial charge in [0, 0.05) is 41.8 Å². The van der Waals surface area contributed by atoms with Crippen LogP contribution in [0.5, 0.6) is 5.88 Å². The van der Waals surface area contributed by atoms with Gasteiger partial charge in [-0.25, -0.2) is 9.97 Å². The van der Waals surface area contributed by atoms with Gasteiger partial charge in [0.05, 0.1) is 7.11 Å². The summed E-state index contributed by atoms with van der Waals surface area (Å²) in [6, 6.07) is 14.2. The summed E-state index contributed by atoms with van der Waals surface area (Å²) in [7, 11) is 1.61. The Morgan fingerprint density at radius 1 is 0.966 bits per heavy atom. The molecular formula is C22H26N6O. The van der Waals surface area contributed by atoms with Crippen molar-refractivity contribution in [2.45, 2.75) is 37.8 Å². The highest BCUT2D eigenvalue weighted by atomic mass is 16.5. The molecule has 0 radical (unpaired) electrons. The van der Waals surface area contributed by atoms with E-state index in [0.717, 1.165) is 35.5 Å². The molecule has 29 heavy (non-hydrogen) atoms. The van der Waals surface area contributed by atoms with Gasteiger partial charge < -0.3 is 21.1 Å². The number of pyridine rings is 1. The van der Waals surface area contributed by atoms with Crippen LogP contribution in [0.3, 0.4) is 0 Å². The molecule has 3 aromatic rings. The molecule has 1 aliphatic rings. The van der Waals surface area contributed by atoms with E-state index >= 15 is 0 Å². The minimum Gasteiger partial charge on any atom is -0.481 e. The molecule has 150 valence electrons. The lowest BCUT2D eigenvalue weighted by atomic mass is 9.91. The molecule has 0 spiro atoms. The van der Waals surface area contributed by atoms with Crippen molar-refractivity contribution in [1.29, 1.82) is 0 Å². The van der Waals surface area contributed by atoms with E-state index in [2.05, 4.69) is 25.6 Å². The molecule has 1 aromatic carbocycles. The number of aromatic nitrogens is 3. The molecule has 0 bridgehead atoms. The van der Waals surface area contributed by atoms with Crippen LogP contribution in [0.15, 0.2) is 54.9 Å². The standard InChI is InChI=1S/C22H26N6O/c1-29-21-11-8-16(14-25-21)15-6-9-17(10-7-15)26-20-12-13-24-22(28-20)27-19-5-3-2-4-18(19)23/h6-14,18-19H,2-5,23H2,1H3,(H2,24,26,27,28)/t18-,19+/m0/s1. The van der Waals surface area contributed by atoms with Gasteiger partial charge in [-0.1, -0.05) is 25.0 Å². The molecule has 7 heteroatoms. The lowest BCUT2D eigenvalue weighted by molar-refractivity contribution is 0.398. The zero-order valence-corrected chi connectivity index (χ0v) is 16.5. The number of ether oxygens (including phenoxy) is 1. The van der Waals surface area contributed by atoms with E-state index in [1.807, 2.05) is 42.5 Å². The Morgan fingerprint density at radius 2 is 1.76 bits per heavy atom. The highest BCUT2D eigenvalue weighted by Crippen LogP contribution is 2.24. The third-order valence-electron chi connectivity index (χ3n) is 5.23. The zero-order valence-electron chi connectivity index (χ0n) is 16.5. The predicted octanol–water partition coefficient (Wildman–Crippen LogP) is 3.97. The number of hydrogen-bond acceptors (Lipinski definition) is 7. The van der Waals surface area contributed by atoms with Crippen molar-refractivity contribution in [3.63, 3.8) is 0 Å². The molecule has 0 amide bonds. The second-order valence-corrected chi connectivity index (χ2v) is 7.26. The first-order chi connectivity index (χ1) is 14.2. The molecule has 2 aromatic heterocycles. The average Bonchev–Trinajstić information content (AvgIpc) is 2.76. The van der Waals surface area contributed by atoms with Crippen molar-refractivity contribution in [3.05, 3.63) is 54.9 Å². The van der Waals surface area contributed by atoms with Gasteiger partial charge in [0.1, 0.15) is 5.82 Å². The van der Waals surface area contributed by atoms with Crippen LogP contribution in [0.4, 0.5) is 17.5 Å². The highest BCUT2D eigenvalue weighted by molar-refractivity contribution is 5.67. The number of anilines is 3. The zero-order chi connectivity index (χ0) is 20.1. The van der Waals surface area contributed by atoms with Gasteiger partial charge in [-0.2, -0.15) is 4.98 Å². The highest BCUT2D eigenvalue weighted by Gasteiger charge is 2.22. The monoisotopic (exact) mass is 390 g/mol. The SMILES string of the molecule is COc1ccc(-c2ccc(Nc3ccnc(N[C@@H]4CCCC[C@@H]4N)n3)cc2)cn1. The summed E-state index contributed by atoms with van der Waals surface area (Å²) >= 11 is 0. The van der Waals surface area contributed by atoms with Gasteiger partial charge >= 0.3 is 0 Å². The third kappa shape index (κ3) is 4.81. The maximum Gasteiger partial charge on any atom is 0.224 e. The second kappa shape index (κ2) is 8.87. The average molecular weight is 390 g/mol. The number of nitrogens with two attached hydrogens (primary N) is 1. The van der Waals surface area contributed by atoms with Gasteiger partial charge in [0.15, 0.2) is 0 Å². The number of hydrogen-bond donors (Lipinski definition) is 3. The fraction of sp³-hybridized carbons (Fsp3) is 0.318. The Balaban J connectivity index is 1.42. The van der Waals surface area contributed by atoms with Gasteiger partial charge in [-0.15, -0.1) is 0 Å². The molecule has 0 saturated heterocycles. The normalized spacial score (nSPS) is 18.8. The summed E-state index contributed by atoms with van der Waals surface area (Å²) in [6.45, 7) is 0. The molecule has 7 nitrogen and oxygen atoms in total. The molecule has 1 fully saturated rings. The fourth-order valence-electron chi connectivity index (χ4n) is 3.57. The molecule has 2 heterocycles. The Hall–Kier alpha value is -3.19. The van der Waals surface area contributed by atoms with Crippen LogP contribution in [0, 0.1) is 0 Å². The van der Waals surface area contributed by atoms with Crippen molar-refractivity contribution < 1.29 is 4.74 Å². The van der Waals surface area contributed by atoms with E-state index in [9.17, 15) is 0 Å². The topological polar surface area (TPSA) is 98.0 Å². The molecule has 0 aliphatic heterocycles. The van der Waals surface area contributed by atoms with E-state index in [1.54, 1.807) is 19.5 Å². The Kier molecular flexibility index (Phi) is 5.86. The smallest absolute Gasteiger partial charge is 0.224 e. The number of methoxy groups -OCH3 is 1. The molecule has 1 aliphatic carbocycles. The summed E-state index contributed by atoms with van der Waals surface area (Å²) < 4.78 is 5.11. The van der Waals surface area contributed by atoms with Crippen LogP contribution in [0.1, 0.15) is 25.7 Å². The van der Waals surface area contributed by atoms with Crippen molar-refractivity contribution in [1.82, 2.24) is 15.0 Å². The van der Waals surface area contributed by atoms with E-state index < -0.39 is 0 Å². The van der Waals surface area contributed by atoms with E-state index in [1.165, 1.54) is 12.8 Å². The van der Waals surface area contributed by atoms with Crippen LogP contribution in [0.2, 0.25) is 0 Å². The molecular weight excluding hydrogens is 364 g/mol. The molecule has 2 atom stereocenters. The molecule has 1 saturated carbocycles. The predicted molar refractivity (Wildman–Crippen MR) is 115 cm³/mol. The Bertz CT molecular complexity index is 929. The van der Waals surface area contributed by atoms with Gasteiger partial charge in [0.25, 0.3) is 0 Å². The van der Waals surface area contributed by atoms with Crippen LogP contribution in [-0.4, -0.2) is 34.1 Å². The lowest BCUT2D eigenvalue weighted by Gasteiger charge is -2.29. The van der Waals surface area contributed by atoms with Crippen molar-refractivity contribution >= 4 is 17.5 Å². The Morgan fingerprint density at radius 3 is 2.48 bits per heavy atom. The number of nitrogens with zero attached hydrogens (tertiary/aromatic N) is 3. The van der Waals surface area contributed by atoms with Crippen LogP contribution in [-0.2, 0) is 0 Å².